The second-order valence-electron chi connectivity index (χ2n) is 6.71. The first-order valence-electron chi connectivity index (χ1n) is 8.01. The van der Waals surface area contributed by atoms with Crippen LogP contribution in [0, 0.1) is 0 Å². The van der Waals surface area contributed by atoms with E-state index in [4.69, 9.17) is 4.74 Å². The van der Waals surface area contributed by atoms with E-state index < -0.39 is 0 Å². The lowest BCUT2D eigenvalue weighted by Gasteiger charge is -2.38. The minimum absolute atomic E-state index is 0.407. The highest BCUT2D eigenvalue weighted by molar-refractivity contribution is 4.87. The monoisotopic (exact) mass is 267 g/mol. The van der Waals surface area contributed by atoms with E-state index in [-0.39, 0.29) is 0 Å². The van der Waals surface area contributed by atoms with Gasteiger partial charge < -0.3 is 15.0 Å². The number of piperidine rings is 1. The van der Waals surface area contributed by atoms with Crippen LogP contribution in [0.15, 0.2) is 0 Å². The normalized spacial score (nSPS) is 41.4. The van der Waals surface area contributed by atoms with E-state index in [0.717, 1.165) is 25.7 Å². The van der Waals surface area contributed by atoms with Crippen molar-refractivity contribution in [2.75, 3.05) is 39.8 Å². The molecule has 110 valence electrons. The van der Waals surface area contributed by atoms with Gasteiger partial charge in [-0.2, -0.15) is 0 Å². The van der Waals surface area contributed by atoms with Crippen LogP contribution in [0.3, 0.4) is 0 Å². The molecule has 4 nitrogen and oxygen atoms in total. The van der Waals surface area contributed by atoms with Crippen molar-refractivity contribution in [3.8, 4) is 0 Å². The molecule has 4 heteroatoms. The number of likely N-dealkylation sites (tertiary alicyclic amines) is 1. The molecule has 3 saturated heterocycles. The van der Waals surface area contributed by atoms with Crippen LogP contribution < -0.4 is 5.32 Å². The Kier molecular flexibility index (Phi) is 4.42. The van der Waals surface area contributed by atoms with Crippen LogP contribution in [0.5, 0.6) is 0 Å². The molecule has 0 radical (unpaired) electrons. The predicted molar refractivity (Wildman–Crippen MR) is 77.5 cm³/mol. The second kappa shape index (κ2) is 6.08. The number of ether oxygens (including phenoxy) is 1. The molecule has 1 N–H and O–H groups in total. The van der Waals surface area contributed by atoms with Crippen molar-refractivity contribution in [1.82, 2.24) is 15.1 Å². The molecular weight excluding hydrogens is 238 g/mol. The summed E-state index contributed by atoms with van der Waals surface area (Å²) >= 11 is 0. The molecule has 0 bridgehead atoms. The molecule has 0 aromatic carbocycles. The van der Waals surface area contributed by atoms with Crippen LogP contribution in [-0.4, -0.2) is 73.9 Å². The van der Waals surface area contributed by atoms with Gasteiger partial charge in [-0.1, -0.05) is 0 Å². The first-order chi connectivity index (χ1) is 9.22. The molecule has 3 aliphatic rings. The molecule has 0 aliphatic carbocycles. The Hall–Kier alpha value is -0.160. The first-order valence-corrected chi connectivity index (χ1v) is 8.01. The minimum atomic E-state index is 0.407. The third-order valence-corrected chi connectivity index (χ3v) is 5.30. The fraction of sp³-hybridized carbons (Fsp3) is 1.00. The topological polar surface area (TPSA) is 27.7 Å². The highest BCUT2D eigenvalue weighted by atomic mass is 16.5. The van der Waals surface area contributed by atoms with Gasteiger partial charge in [0.2, 0.25) is 0 Å². The van der Waals surface area contributed by atoms with Gasteiger partial charge in [-0.15, -0.1) is 0 Å². The molecule has 19 heavy (non-hydrogen) atoms. The quantitative estimate of drug-likeness (QED) is 0.823. The zero-order chi connectivity index (χ0) is 13.2. The van der Waals surface area contributed by atoms with Gasteiger partial charge in [0, 0.05) is 31.2 Å². The Labute approximate surface area is 117 Å². The summed E-state index contributed by atoms with van der Waals surface area (Å²) in [6.07, 6.45) is 5.66. The standard InChI is InChI=1S/C15H29N3O/c1-12-8-13(5-7-17(12)2)16-9-15-10-18-6-3-4-14(18)11-19-15/h12-16H,3-11H2,1-2H3. The van der Waals surface area contributed by atoms with E-state index in [1.54, 1.807) is 0 Å². The number of hydrogen-bond acceptors (Lipinski definition) is 4. The molecule has 4 atom stereocenters. The van der Waals surface area contributed by atoms with Gasteiger partial charge in [0.25, 0.3) is 0 Å². The summed E-state index contributed by atoms with van der Waals surface area (Å²) in [6.45, 7) is 7.97. The lowest BCUT2D eigenvalue weighted by atomic mass is 9.99. The summed E-state index contributed by atoms with van der Waals surface area (Å²) in [7, 11) is 2.23. The Balaban J connectivity index is 1.40. The zero-order valence-electron chi connectivity index (χ0n) is 12.5. The first kappa shape index (κ1) is 13.8. The highest BCUT2D eigenvalue weighted by Gasteiger charge is 2.32. The third kappa shape index (κ3) is 3.30. The summed E-state index contributed by atoms with van der Waals surface area (Å²) in [5.74, 6) is 0. The van der Waals surface area contributed by atoms with Crippen LogP contribution in [0.25, 0.3) is 0 Å². The van der Waals surface area contributed by atoms with Gasteiger partial charge in [-0.3, -0.25) is 4.90 Å². The van der Waals surface area contributed by atoms with Gasteiger partial charge in [0.05, 0.1) is 12.7 Å². The number of rotatable bonds is 3. The number of morpholine rings is 1. The number of nitrogens with one attached hydrogen (secondary N) is 1. The van der Waals surface area contributed by atoms with Gasteiger partial charge in [0.15, 0.2) is 0 Å². The zero-order valence-corrected chi connectivity index (χ0v) is 12.5. The van der Waals surface area contributed by atoms with E-state index in [1.807, 2.05) is 0 Å². The van der Waals surface area contributed by atoms with Crippen LogP contribution in [0.2, 0.25) is 0 Å². The highest BCUT2D eigenvalue weighted by Crippen LogP contribution is 2.22. The lowest BCUT2D eigenvalue weighted by Crippen LogP contribution is -2.52. The van der Waals surface area contributed by atoms with E-state index in [0.29, 0.717) is 18.2 Å². The van der Waals surface area contributed by atoms with Crippen LogP contribution in [0.1, 0.15) is 32.6 Å². The summed E-state index contributed by atoms with van der Waals surface area (Å²) in [4.78, 5) is 5.09. The Morgan fingerprint density at radius 2 is 2.16 bits per heavy atom. The smallest absolute Gasteiger partial charge is 0.0827 e. The molecule has 0 saturated carbocycles. The van der Waals surface area contributed by atoms with E-state index >= 15 is 0 Å². The van der Waals surface area contributed by atoms with Crippen molar-refractivity contribution in [1.29, 1.82) is 0 Å². The largest absolute Gasteiger partial charge is 0.374 e. The van der Waals surface area contributed by atoms with Crippen LogP contribution >= 0.6 is 0 Å². The number of hydrogen-bond donors (Lipinski definition) is 1. The minimum Gasteiger partial charge on any atom is -0.374 e. The van der Waals surface area contributed by atoms with E-state index in [9.17, 15) is 0 Å². The van der Waals surface area contributed by atoms with Crippen molar-refractivity contribution in [2.24, 2.45) is 0 Å². The van der Waals surface area contributed by atoms with E-state index in [1.165, 1.54) is 38.8 Å². The molecule has 0 aromatic heterocycles. The summed E-state index contributed by atoms with van der Waals surface area (Å²) < 4.78 is 6.02. The van der Waals surface area contributed by atoms with Gasteiger partial charge in [-0.25, -0.2) is 0 Å². The molecular formula is C15H29N3O. The van der Waals surface area contributed by atoms with Crippen molar-refractivity contribution in [2.45, 2.75) is 56.8 Å². The molecule has 3 rings (SSSR count). The summed E-state index contributed by atoms with van der Waals surface area (Å²) in [5, 5.41) is 3.74. The summed E-state index contributed by atoms with van der Waals surface area (Å²) in [5.41, 5.74) is 0. The lowest BCUT2D eigenvalue weighted by molar-refractivity contribution is -0.0486. The fourth-order valence-corrected chi connectivity index (χ4v) is 3.78. The van der Waals surface area contributed by atoms with E-state index in [2.05, 4.69) is 29.1 Å². The number of nitrogens with zero attached hydrogens (tertiary/aromatic N) is 2. The molecule has 0 amide bonds. The van der Waals surface area contributed by atoms with Gasteiger partial charge in [-0.05, 0) is 52.7 Å². The maximum absolute atomic E-state index is 6.02. The fourth-order valence-electron chi connectivity index (χ4n) is 3.78. The van der Waals surface area contributed by atoms with Crippen molar-refractivity contribution in [3.05, 3.63) is 0 Å². The average Bonchev–Trinajstić information content (AvgIpc) is 2.87. The SMILES string of the molecule is CC1CC(NCC2CN3CCCC3CO2)CCN1C. The Morgan fingerprint density at radius 1 is 1.26 bits per heavy atom. The molecule has 3 aliphatic heterocycles. The second-order valence-corrected chi connectivity index (χ2v) is 6.71. The van der Waals surface area contributed by atoms with Crippen molar-refractivity contribution >= 4 is 0 Å². The van der Waals surface area contributed by atoms with Gasteiger partial charge in [0.1, 0.15) is 0 Å². The molecule has 0 aromatic rings. The molecule has 3 fully saturated rings. The van der Waals surface area contributed by atoms with Crippen molar-refractivity contribution in [3.63, 3.8) is 0 Å². The third-order valence-electron chi connectivity index (χ3n) is 5.30. The van der Waals surface area contributed by atoms with Crippen LogP contribution in [-0.2, 0) is 4.74 Å². The van der Waals surface area contributed by atoms with Crippen LogP contribution in [0.4, 0.5) is 0 Å². The predicted octanol–water partition coefficient (Wildman–Crippen LogP) is 0.922. The summed E-state index contributed by atoms with van der Waals surface area (Å²) in [6, 6.07) is 2.12. The van der Waals surface area contributed by atoms with Crippen molar-refractivity contribution < 1.29 is 4.74 Å². The number of fused-ring (bicyclic) bond motifs is 1. The average molecular weight is 267 g/mol. The molecule has 4 unspecified atom stereocenters. The molecule has 0 spiro atoms. The maximum atomic E-state index is 6.02. The molecule has 3 heterocycles. The Bertz CT molecular complexity index is 299. The maximum Gasteiger partial charge on any atom is 0.0827 e. The van der Waals surface area contributed by atoms with Gasteiger partial charge >= 0.3 is 0 Å². The Morgan fingerprint density at radius 3 is 3.00 bits per heavy atom.